The molecule has 0 unspecified atom stereocenters. The molecule has 1 atom stereocenters. The van der Waals surface area contributed by atoms with E-state index < -0.39 is 33.7 Å². The normalized spacial score (nSPS) is 13.1. The van der Waals surface area contributed by atoms with Crippen molar-refractivity contribution in [2.45, 2.75) is 56.6 Å². The minimum atomic E-state index is -4.41. The Hall–Kier alpha value is -2.13. The lowest BCUT2D eigenvalue weighted by Gasteiger charge is -2.30. The van der Waals surface area contributed by atoms with Gasteiger partial charge < -0.3 is 15.6 Å². The Labute approximate surface area is 154 Å². The second-order valence-corrected chi connectivity index (χ2v) is 8.55. The molecule has 8 nitrogen and oxygen atoms in total. The lowest BCUT2D eigenvalue weighted by molar-refractivity contribution is -0.141. The molecular weight excluding hydrogens is 360 g/mol. The van der Waals surface area contributed by atoms with Gasteiger partial charge in [-0.3, -0.25) is 0 Å². The molecule has 1 rings (SSSR count). The molecule has 0 heterocycles. The maximum atomic E-state index is 13.0. The summed E-state index contributed by atoms with van der Waals surface area (Å²) in [6, 6.07) is 5.61. The van der Waals surface area contributed by atoms with Crippen molar-refractivity contribution in [3.05, 3.63) is 30.3 Å². The minimum absolute atomic E-state index is 0.0577. The van der Waals surface area contributed by atoms with E-state index in [2.05, 4.69) is 0 Å². The zero-order chi connectivity index (χ0) is 20.0. The number of carbonyl (C=O) groups is 2. The first-order valence-electron chi connectivity index (χ1n) is 8.26. The Morgan fingerprint density at radius 3 is 2.23 bits per heavy atom. The number of nitrogens with zero attached hydrogens (tertiary/aromatic N) is 1. The number of ether oxygens (including phenoxy) is 1. The molecule has 26 heavy (non-hydrogen) atoms. The number of amides is 1. The van der Waals surface area contributed by atoms with Gasteiger partial charge in [0.1, 0.15) is 11.6 Å². The van der Waals surface area contributed by atoms with Crippen molar-refractivity contribution in [2.75, 3.05) is 6.54 Å². The second kappa shape index (κ2) is 9.00. The topological polar surface area (TPSA) is 127 Å². The van der Waals surface area contributed by atoms with Crippen LogP contribution in [0, 0.1) is 0 Å². The van der Waals surface area contributed by atoms with Gasteiger partial charge in [0, 0.05) is 0 Å². The molecule has 9 heteroatoms. The monoisotopic (exact) mass is 386 g/mol. The number of sulfonamides is 1. The van der Waals surface area contributed by atoms with E-state index in [1.54, 1.807) is 26.8 Å². The number of carboxylic acids is 1. The predicted molar refractivity (Wildman–Crippen MR) is 96.0 cm³/mol. The Bertz CT molecular complexity index is 713. The summed E-state index contributed by atoms with van der Waals surface area (Å²) in [7, 11) is -4.41. The van der Waals surface area contributed by atoms with Gasteiger partial charge in [0.25, 0.3) is 10.0 Å². The fraction of sp³-hybridized carbons (Fsp3) is 0.529. The van der Waals surface area contributed by atoms with E-state index in [-0.39, 0.29) is 11.3 Å². The zero-order valence-corrected chi connectivity index (χ0v) is 16.0. The van der Waals surface area contributed by atoms with Gasteiger partial charge in [-0.05, 0) is 58.7 Å². The molecule has 0 radical (unpaired) electrons. The molecule has 0 aliphatic rings. The number of nitrogens with two attached hydrogens (primary N) is 1. The van der Waals surface area contributed by atoms with Gasteiger partial charge in [-0.1, -0.05) is 18.2 Å². The summed E-state index contributed by atoms with van der Waals surface area (Å²) in [5, 5.41) is 9.56. The molecule has 1 amide bonds. The molecule has 0 saturated carbocycles. The van der Waals surface area contributed by atoms with Gasteiger partial charge >= 0.3 is 12.1 Å². The van der Waals surface area contributed by atoms with Crippen LogP contribution in [0.2, 0.25) is 0 Å². The van der Waals surface area contributed by atoms with E-state index in [1.165, 1.54) is 24.3 Å². The molecule has 1 aromatic carbocycles. The van der Waals surface area contributed by atoms with E-state index in [1.807, 2.05) is 0 Å². The fourth-order valence-electron chi connectivity index (χ4n) is 2.23. The van der Waals surface area contributed by atoms with Crippen molar-refractivity contribution < 1.29 is 27.9 Å². The van der Waals surface area contributed by atoms with Crippen LogP contribution in [0.15, 0.2) is 35.2 Å². The van der Waals surface area contributed by atoms with E-state index in [4.69, 9.17) is 10.5 Å². The lowest BCUT2D eigenvalue weighted by atomic mass is 10.1. The van der Waals surface area contributed by atoms with Crippen LogP contribution in [0.1, 0.15) is 40.0 Å². The number of aliphatic carboxylic acids is 1. The number of carbonyl (C=O) groups excluding carboxylic acids is 1. The average molecular weight is 386 g/mol. The SMILES string of the molecule is CC(C)(C)OC(=O)N([C@@H](CCCCN)C(=O)O)S(=O)(=O)c1ccccc1. The molecule has 3 N–H and O–H groups in total. The molecule has 0 aromatic heterocycles. The first-order chi connectivity index (χ1) is 12.0. The number of rotatable bonds is 8. The van der Waals surface area contributed by atoms with Gasteiger partial charge in [0.2, 0.25) is 0 Å². The summed E-state index contributed by atoms with van der Waals surface area (Å²) in [6.07, 6.45) is -0.409. The van der Waals surface area contributed by atoms with Gasteiger partial charge in [0.05, 0.1) is 4.90 Å². The molecule has 0 aliphatic heterocycles. The van der Waals surface area contributed by atoms with Crippen molar-refractivity contribution in [3.8, 4) is 0 Å². The Balaban J connectivity index is 3.36. The smallest absolute Gasteiger partial charge is 0.425 e. The summed E-state index contributed by atoms with van der Waals surface area (Å²) in [6.45, 7) is 5.05. The maximum absolute atomic E-state index is 13.0. The van der Waals surface area contributed by atoms with Crippen molar-refractivity contribution in [1.29, 1.82) is 0 Å². The molecule has 0 bridgehead atoms. The summed E-state index contributed by atoms with van der Waals surface area (Å²) in [4.78, 5) is 24.1. The van der Waals surface area contributed by atoms with Crippen molar-refractivity contribution in [3.63, 3.8) is 0 Å². The number of hydrogen-bond acceptors (Lipinski definition) is 6. The number of hydrogen-bond donors (Lipinski definition) is 2. The van der Waals surface area contributed by atoms with E-state index in [0.29, 0.717) is 23.7 Å². The van der Waals surface area contributed by atoms with Crippen molar-refractivity contribution in [1.82, 2.24) is 4.31 Å². The summed E-state index contributed by atoms with van der Waals surface area (Å²) in [5.41, 5.74) is 4.43. The summed E-state index contributed by atoms with van der Waals surface area (Å²) >= 11 is 0. The van der Waals surface area contributed by atoms with Crippen LogP contribution in [-0.2, 0) is 19.6 Å². The van der Waals surface area contributed by atoms with Crippen LogP contribution in [0.25, 0.3) is 0 Å². The molecule has 1 aromatic rings. The van der Waals surface area contributed by atoms with Crippen LogP contribution < -0.4 is 5.73 Å². The number of unbranched alkanes of at least 4 members (excludes halogenated alkanes) is 1. The van der Waals surface area contributed by atoms with Gasteiger partial charge in [-0.15, -0.1) is 0 Å². The highest BCUT2D eigenvalue weighted by Crippen LogP contribution is 2.24. The summed E-state index contributed by atoms with van der Waals surface area (Å²) in [5.74, 6) is -1.42. The highest BCUT2D eigenvalue weighted by Gasteiger charge is 2.41. The molecular formula is C17H26N2O6S. The Morgan fingerprint density at radius 1 is 1.19 bits per heavy atom. The Morgan fingerprint density at radius 2 is 1.77 bits per heavy atom. The second-order valence-electron chi connectivity index (χ2n) is 6.73. The minimum Gasteiger partial charge on any atom is -0.480 e. The molecule has 0 fully saturated rings. The highest BCUT2D eigenvalue weighted by atomic mass is 32.2. The first kappa shape index (κ1) is 21.9. The lowest BCUT2D eigenvalue weighted by Crippen LogP contribution is -2.50. The predicted octanol–water partition coefficient (Wildman–Crippen LogP) is 2.19. The fourth-order valence-corrected chi connectivity index (χ4v) is 3.72. The van der Waals surface area contributed by atoms with E-state index in [0.717, 1.165) is 0 Å². The quantitative estimate of drug-likeness (QED) is 0.656. The zero-order valence-electron chi connectivity index (χ0n) is 15.2. The van der Waals surface area contributed by atoms with Gasteiger partial charge in [-0.2, -0.15) is 4.31 Å². The van der Waals surface area contributed by atoms with Crippen LogP contribution in [0.4, 0.5) is 4.79 Å². The Kier molecular flexibility index (Phi) is 7.58. The highest BCUT2D eigenvalue weighted by molar-refractivity contribution is 7.89. The molecule has 0 spiro atoms. The van der Waals surface area contributed by atoms with Crippen LogP contribution in [0.3, 0.4) is 0 Å². The molecule has 0 aliphatic carbocycles. The standard InChI is InChI=1S/C17H26N2O6S/c1-17(2,3)25-16(22)19(14(15(20)21)11-7-8-12-18)26(23,24)13-9-5-4-6-10-13/h4-6,9-10,14H,7-8,11-12,18H2,1-3H3,(H,20,21)/t14-/m0/s1. The third-order valence-corrected chi connectivity index (χ3v) is 5.16. The van der Waals surface area contributed by atoms with E-state index in [9.17, 15) is 23.1 Å². The number of carboxylic acid groups (broad SMARTS) is 1. The van der Waals surface area contributed by atoms with E-state index >= 15 is 0 Å². The largest absolute Gasteiger partial charge is 0.480 e. The van der Waals surface area contributed by atoms with Crippen molar-refractivity contribution >= 4 is 22.1 Å². The van der Waals surface area contributed by atoms with Crippen LogP contribution in [-0.4, -0.2) is 48.1 Å². The van der Waals surface area contributed by atoms with Crippen LogP contribution in [0.5, 0.6) is 0 Å². The number of benzene rings is 1. The van der Waals surface area contributed by atoms with Crippen LogP contribution >= 0.6 is 0 Å². The third kappa shape index (κ3) is 5.99. The molecule has 146 valence electrons. The maximum Gasteiger partial charge on any atom is 0.425 e. The van der Waals surface area contributed by atoms with Gasteiger partial charge in [0.15, 0.2) is 0 Å². The summed E-state index contributed by atoms with van der Waals surface area (Å²) < 4.78 is 31.4. The van der Waals surface area contributed by atoms with Gasteiger partial charge in [-0.25, -0.2) is 18.0 Å². The average Bonchev–Trinajstić information content (AvgIpc) is 2.52. The third-order valence-electron chi connectivity index (χ3n) is 3.37. The van der Waals surface area contributed by atoms with Crippen molar-refractivity contribution in [2.24, 2.45) is 5.73 Å². The first-order valence-corrected chi connectivity index (χ1v) is 9.70. The molecule has 0 saturated heterocycles.